The lowest BCUT2D eigenvalue weighted by Crippen LogP contribution is -2.03. The van der Waals surface area contributed by atoms with Gasteiger partial charge in [0.15, 0.2) is 0 Å². The molecule has 0 fully saturated rings. The second kappa shape index (κ2) is 8.28. The van der Waals surface area contributed by atoms with Gasteiger partial charge in [-0.05, 0) is 12.5 Å². The van der Waals surface area contributed by atoms with E-state index in [-0.39, 0.29) is 13.5 Å². The zero-order valence-electron chi connectivity index (χ0n) is 7.54. The summed E-state index contributed by atoms with van der Waals surface area (Å²) in [6.07, 6.45) is 0. The molecule has 1 heteroatoms. The number of hydrogen-bond acceptors (Lipinski definition) is 1. The van der Waals surface area contributed by atoms with Crippen LogP contribution in [0.5, 0.6) is 0 Å². The van der Waals surface area contributed by atoms with Crippen LogP contribution in [0.15, 0.2) is 30.3 Å². The van der Waals surface area contributed by atoms with Crippen LogP contribution in [0, 0.1) is 0 Å². The van der Waals surface area contributed by atoms with Crippen molar-refractivity contribution >= 4 is 0 Å². The lowest BCUT2D eigenvalue weighted by Gasteiger charge is -2.02. The molecular weight excluding hydrogens is 146 g/mol. The van der Waals surface area contributed by atoms with Crippen molar-refractivity contribution in [2.45, 2.75) is 34.2 Å². The highest BCUT2D eigenvalue weighted by molar-refractivity contribution is 5.17. The third-order valence-electron chi connectivity index (χ3n) is 1.33. The highest BCUT2D eigenvalue weighted by Gasteiger charge is 1.93. The molecule has 1 aromatic carbocycles. The predicted molar refractivity (Wildman–Crippen MR) is 57.1 cm³/mol. The first kappa shape index (κ1) is 13.7. The summed E-state index contributed by atoms with van der Waals surface area (Å²) in [5.41, 5.74) is 6.81. The number of rotatable bonds is 1. The van der Waals surface area contributed by atoms with Crippen molar-refractivity contribution in [2.75, 3.05) is 0 Å². The van der Waals surface area contributed by atoms with Crippen LogP contribution < -0.4 is 5.73 Å². The van der Waals surface area contributed by atoms with Crippen molar-refractivity contribution < 1.29 is 0 Å². The molecular formula is C11H21N. The van der Waals surface area contributed by atoms with Gasteiger partial charge in [0.2, 0.25) is 0 Å². The van der Waals surface area contributed by atoms with E-state index in [4.69, 9.17) is 5.73 Å². The van der Waals surface area contributed by atoms with E-state index in [0.717, 1.165) is 0 Å². The highest BCUT2D eigenvalue weighted by Crippen LogP contribution is 2.06. The molecule has 0 aliphatic rings. The second-order valence-corrected chi connectivity index (χ2v) is 2.20. The molecule has 70 valence electrons. The standard InChI is InChI=1S/C8H11N.C2H6.CH4/c1-7(9)8-5-3-2-4-6-8;1-2;/h2-7H,9H2,1H3;1-2H3;1H4. The van der Waals surface area contributed by atoms with E-state index >= 15 is 0 Å². The topological polar surface area (TPSA) is 26.0 Å². The maximum atomic E-state index is 5.61. The average Bonchev–Trinajstić information content (AvgIpc) is 2.10. The third-order valence-corrected chi connectivity index (χ3v) is 1.33. The van der Waals surface area contributed by atoms with Crippen molar-refractivity contribution in [2.24, 2.45) is 5.73 Å². The van der Waals surface area contributed by atoms with E-state index < -0.39 is 0 Å². The number of hydrogen-bond donors (Lipinski definition) is 1. The summed E-state index contributed by atoms with van der Waals surface area (Å²) in [5, 5.41) is 0. The fourth-order valence-electron chi connectivity index (χ4n) is 0.757. The summed E-state index contributed by atoms with van der Waals surface area (Å²) in [6.45, 7) is 5.98. The largest absolute Gasteiger partial charge is 0.324 e. The van der Waals surface area contributed by atoms with Crippen LogP contribution in [-0.4, -0.2) is 0 Å². The molecule has 1 atom stereocenters. The maximum Gasteiger partial charge on any atom is 0.0266 e. The molecule has 0 aromatic heterocycles. The van der Waals surface area contributed by atoms with E-state index in [9.17, 15) is 0 Å². The first-order chi connectivity index (χ1) is 5.30. The van der Waals surface area contributed by atoms with Crippen LogP contribution in [0.4, 0.5) is 0 Å². The molecule has 12 heavy (non-hydrogen) atoms. The lowest BCUT2D eigenvalue weighted by atomic mass is 10.1. The summed E-state index contributed by atoms with van der Waals surface area (Å²) in [5.74, 6) is 0. The molecule has 0 radical (unpaired) electrons. The summed E-state index contributed by atoms with van der Waals surface area (Å²) >= 11 is 0. The Morgan fingerprint density at radius 3 is 1.75 bits per heavy atom. The van der Waals surface area contributed by atoms with Crippen LogP contribution in [0.1, 0.15) is 39.8 Å². The molecule has 1 unspecified atom stereocenters. The third kappa shape index (κ3) is 4.91. The Labute approximate surface area is 76.6 Å². The van der Waals surface area contributed by atoms with Gasteiger partial charge in [-0.3, -0.25) is 0 Å². The predicted octanol–water partition coefficient (Wildman–Crippen LogP) is 3.37. The smallest absolute Gasteiger partial charge is 0.0266 e. The first-order valence-corrected chi connectivity index (χ1v) is 4.11. The average molecular weight is 167 g/mol. The van der Waals surface area contributed by atoms with Gasteiger partial charge in [-0.15, -0.1) is 0 Å². The first-order valence-electron chi connectivity index (χ1n) is 4.11. The van der Waals surface area contributed by atoms with Crippen LogP contribution in [0.25, 0.3) is 0 Å². The molecule has 2 N–H and O–H groups in total. The highest BCUT2D eigenvalue weighted by atomic mass is 14.6. The SMILES string of the molecule is C.CC.CC(N)c1ccccc1. The van der Waals surface area contributed by atoms with Gasteiger partial charge in [0.25, 0.3) is 0 Å². The summed E-state index contributed by atoms with van der Waals surface area (Å²) in [7, 11) is 0. The zero-order valence-corrected chi connectivity index (χ0v) is 7.54. The minimum atomic E-state index is 0. The van der Waals surface area contributed by atoms with Crippen molar-refractivity contribution in [1.29, 1.82) is 0 Å². The van der Waals surface area contributed by atoms with Crippen LogP contribution in [-0.2, 0) is 0 Å². The van der Waals surface area contributed by atoms with E-state index in [1.165, 1.54) is 5.56 Å². The Bertz CT molecular complexity index is 168. The normalized spacial score (nSPS) is 10.3. The molecule has 0 amide bonds. The maximum absolute atomic E-state index is 5.61. The van der Waals surface area contributed by atoms with Crippen LogP contribution in [0.3, 0.4) is 0 Å². The van der Waals surface area contributed by atoms with Gasteiger partial charge in [0, 0.05) is 6.04 Å². The van der Waals surface area contributed by atoms with Crippen molar-refractivity contribution in [3.8, 4) is 0 Å². The van der Waals surface area contributed by atoms with Crippen molar-refractivity contribution in [3.63, 3.8) is 0 Å². The zero-order chi connectivity index (χ0) is 8.69. The molecule has 1 rings (SSSR count). The van der Waals surface area contributed by atoms with Gasteiger partial charge in [-0.25, -0.2) is 0 Å². The Hall–Kier alpha value is -0.820. The van der Waals surface area contributed by atoms with Gasteiger partial charge in [0.1, 0.15) is 0 Å². The number of nitrogens with two attached hydrogens (primary N) is 1. The Morgan fingerprint density at radius 1 is 1.08 bits per heavy atom. The fraction of sp³-hybridized carbons (Fsp3) is 0.455. The van der Waals surface area contributed by atoms with Gasteiger partial charge in [-0.1, -0.05) is 51.6 Å². The van der Waals surface area contributed by atoms with Crippen molar-refractivity contribution in [3.05, 3.63) is 35.9 Å². The van der Waals surface area contributed by atoms with Gasteiger partial charge >= 0.3 is 0 Å². The molecule has 0 spiro atoms. The van der Waals surface area contributed by atoms with Gasteiger partial charge < -0.3 is 5.73 Å². The Balaban J connectivity index is 0. The van der Waals surface area contributed by atoms with Gasteiger partial charge in [-0.2, -0.15) is 0 Å². The van der Waals surface area contributed by atoms with E-state index in [1.807, 2.05) is 51.1 Å². The van der Waals surface area contributed by atoms with E-state index in [0.29, 0.717) is 0 Å². The van der Waals surface area contributed by atoms with Gasteiger partial charge in [0.05, 0.1) is 0 Å². The summed E-state index contributed by atoms with van der Waals surface area (Å²) in [6, 6.07) is 10.2. The minimum Gasteiger partial charge on any atom is -0.324 e. The van der Waals surface area contributed by atoms with Crippen molar-refractivity contribution in [1.82, 2.24) is 0 Å². The molecule has 0 bridgehead atoms. The quantitative estimate of drug-likeness (QED) is 0.682. The molecule has 0 aliphatic heterocycles. The molecule has 1 aromatic rings. The fourth-order valence-corrected chi connectivity index (χ4v) is 0.757. The van der Waals surface area contributed by atoms with E-state index in [1.54, 1.807) is 0 Å². The van der Waals surface area contributed by atoms with E-state index in [2.05, 4.69) is 0 Å². The monoisotopic (exact) mass is 167 g/mol. The lowest BCUT2D eigenvalue weighted by molar-refractivity contribution is 0.818. The minimum absolute atomic E-state index is 0. The molecule has 0 saturated carbocycles. The Kier molecular flexibility index (Phi) is 9.48. The molecule has 0 saturated heterocycles. The molecule has 0 heterocycles. The Morgan fingerprint density at radius 2 is 1.50 bits per heavy atom. The summed E-state index contributed by atoms with van der Waals surface area (Å²) < 4.78 is 0. The second-order valence-electron chi connectivity index (χ2n) is 2.20. The summed E-state index contributed by atoms with van der Waals surface area (Å²) in [4.78, 5) is 0. The molecule has 0 aliphatic carbocycles. The molecule has 1 nitrogen and oxygen atoms in total. The van der Waals surface area contributed by atoms with Crippen LogP contribution >= 0.6 is 0 Å². The van der Waals surface area contributed by atoms with Crippen LogP contribution in [0.2, 0.25) is 0 Å². The number of benzene rings is 1.